The summed E-state index contributed by atoms with van der Waals surface area (Å²) in [4.78, 5) is 7.02. The van der Waals surface area contributed by atoms with Gasteiger partial charge in [0.1, 0.15) is 6.33 Å². The maximum absolute atomic E-state index is 5.10. The second-order valence-corrected chi connectivity index (χ2v) is 4.01. The fraction of sp³-hybridized carbons (Fsp3) is 0.500. The van der Waals surface area contributed by atoms with Crippen LogP contribution in [0.2, 0.25) is 0 Å². The maximum atomic E-state index is 5.10. The Bertz CT molecular complexity index is 411. The molecule has 2 rings (SSSR count). The van der Waals surface area contributed by atoms with Crippen molar-refractivity contribution >= 4 is 0 Å². The highest BCUT2D eigenvalue weighted by Crippen LogP contribution is 2.21. The van der Waals surface area contributed by atoms with Crippen LogP contribution in [0.1, 0.15) is 26.7 Å². The third kappa shape index (κ3) is 1.50. The van der Waals surface area contributed by atoms with Crippen LogP contribution in [0.15, 0.2) is 10.9 Å². The summed E-state index contributed by atoms with van der Waals surface area (Å²) in [6.07, 6.45) is 1.47. The maximum Gasteiger partial charge on any atom is 0.240 e. The molecule has 0 fully saturated rings. The number of hydrogen-bond donors (Lipinski definition) is 1. The Kier molecular flexibility index (Phi) is 1.83. The Balaban J connectivity index is 2.36. The second-order valence-electron chi connectivity index (χ2n) is 4.01. The molecule has 0 bridgehead atoms. The van der Waals surface area contributed by atoms with Gasteiger partial charge in [0.15, 0.2) is 0 Å². The van der Waals surface area contributed by atoms with E-state index in [9.17, 15) is 0 Å². The lowest BCUT2D eigenvalue weighted by molar-refractivity contribution is 0.321. The minimum absolute atomic E-state index is 0.148. The molecule has 2 aromatic heterocycles. The van der Waals surface area contributed by atoms with Crippen LogP contribution in [0, 0.1) is 0 Å². The first-order chi connectivity index (χ1) is 6.57. The number of nitrogens with one attached hydrogen (secondary N) is 1. The molecule has 2 heterocycles. The average Bonchev–Trinajstić information content (AvgIpc) is 2.73. The molecule has 0 saturated heterocycles. The smallest absolute Gasteiger partial charge is 0.240 e. The minimum Gasteiger partial charge on any atom is -0.338 e. The molecule has 6 nitrogen and oxygen atoms in total. The minimum atomic E-state index is -0.148. The molecule has 0 amide bonds. The quantitative estimate of drug-likeness (QED) is 0.734. The van der Waals surface area contributed by atoms with Crippen molar-refractivity contribution in [3.05, 3.63) is 12.2 Å². The summed E-state index contributed by atoms with van der Waals surface area (Å²) in [5.41, 5.74) is -0.148. The zero-order chi connectivity index (χ0) is 10.2. The molecule has 0 saturated carbocycles. The largest absolute Gasteiger partial charge is 0.338 e. The third-order valence-electron chi connectivity index (χ3n) is 1.70. The van der Waals surface area contributed by atoms with Crippen LogP contribution in [0.3, 0.4) is 0 Å². The number of H-pyrrole nitrogens is 1. The van der Waals surface area contributed by atoms with E-state index in [-0.39, 0.29) is 5.41 Å². The molecule has 2 aromatic rings. The predicted molar refractivity (Wildman–Crippen MR) is 48.4 cm³/mol. The molecule has 14 heavy (non-hydrogen) atoms. The standard InChI is InChI=1S/C8H11N5O/c1-8(2,3)7-11-6(13-14-7)5-9-4-10-12-5/h4H,1-3H3,(H,9,10,12). The van der Waals surface area contributed by atoms with Crippen LogP contribution >= 0.6 is 0 Å². The Labute approximate surface area is 80.8 Å². The van der Waals surface area contributed by atoms with Crippen molar-refractivity contribution in [2.24, 2.45) is 0 Å². The predicted octanol–water partition coefficient (Wildman–Crippen LogP) is 1.15. The van der Waals surface area contributed by atoms with E-state index in [0.29, 0.717) is 17.5 Å². The molecule has 74 valence electrons. The fourth-order valence-electron chi connectivity index (χ4n) is 0.939. The van der Waals surface area contributed by atoms with Crippen molar-refractivity contribution in [2.75, 3.05) is 0 Å². The number of aromatic nitrogens is 5. The molecule has 0 aliphatic rings. The first-order valence-corrected chi connectivity index (χ1v) is 4.28. The topological polar surface area (TPSA) is 80.5 Å². The van der Waals surface area contributed by atoms with Crippen LogP contribution in [0.4, 0.5) is 0 Å². The molecule has 0 unspecified atom stereocenters. The van der Waals surface area contributed by atoms with E-state index in [1.54, 1.807) is 0 Å². The van der Waals surface area contributed by atoms with Crippen LogP contribution in [-0.2, 0) is 5.41 Å². The molecule has 0 spiro atoms. The van der Waals surface area contributed by atoms with E-state index < -0.39 is 0 Å². The van der Waals surface area contributed by atoms with Gasteiger partial charge >= 0.3 is 0 Å². The summed E-state index contributed by atoms with van der Waals surface area (Å²) in [7, 11) is 0. The lowest BCUT2D eigenvalue weighted by atomic mass is 9.97. The Morgan fingerprint density at radius 2 is 2.14 bits per heavy atom. The molecule has 0 aromatic carbocycles. The first-order valence-electron chi connectivity index (χ1n) is 4.28. The van der Waals surface area contributed by atoms with Crippen molar-refractivity contribution in [2.45, 2.75) is 26.2 Å². The zero-order valence-corrected chi connectivity index (χ0v) is 8.27. The van der Waals surface area contributed by atoms with Gasteiger partial charge in [-0.25, -0.2) is 0 Å². The van der Waals surface area contributed by atoms with Crippen molar-refractivity contribution in [1.29, 1.82) is 0 Å². The van der Waals surface area contributed by atoms with E-state index >= 15 is 0 Å². The van der Waals surface area contributed by atoms with Gasteiger partial charge < -0.3 is 9.51 Å². The van der Waals surface area contributed by atoms with Gasteiger partial charge in [-0.2, -0.15) is 4.98 Å². The Morgan fingerprint density at radius 3 is 2.64 bits per heavy atom. The highest BCUT2D eigenvalue weighted by Gasteiger charge is 2.22. The molecule has 0 aliphatic heterocycles. The fourth-order valence-corrected chi connectivity index (χ4v) is 0.939. The van der Waals surface area contributed by atoms with E-state index in [0.717, 1.165) is 0 Å². The molecule has 1 N–H and O–H groups in total. The monoisotopic (exact) mass is 193 g/mol. The normalized spacial score (nSPS) is 11.9. The molecule has 6 heteroatoms. The third-order valence-corrected chi connectivity index (χ3v) is 1.70. The van der Waals surface area contributed by atoms with Gasteiger partial charge in [-0.05, 0) is 0 Å². The van der Waals surface area contributed by atoms with Crippen LogP contribution in [-0.4, -0.2) is 25.3 Å². The summed E-state index contributed by atoms with van der Waals surface area (Å²) < 4.78 is 5.10. The molecular formula is C8H11N5O. The summed E-state index contributed by atoms with van der Waals surface area (Å²) >= 11 is 0. The van der Waals surface area contributed by atoms with Gasteiger partial charge in [-0.1, -0.05) is 25.9 Å². The molecule has 0 radical (unpaired) electrons. The van der Waals surface area contributed by atoms with Gasteiger partial charge in [0.05, 0.1) is 0 Å². The number of nitrogens with zero attached hydrogens (tertiary/aromatic N) is 4. The summed E-state index contributed by atoms with van der Waals surface area (Å²) in [5.74, 6) is 1.54. The van der Waals surface area contributed by atoms with Gasteiger partial charge in [0, 0.05) is 5.41 Å². The summed E-state index contributed by atoms with van der Waals surface area (Å²) in [6.45, 7) is 6.01. The number of hydrogen-bond acceptors (Lipinski definition) is 5. The van der Waals surface area contributed by atoms with Crippen molar-refractivity contribution in [3.8, 4) is 11.6 Å². The van der Waals surface area contributed by atoms with Crippen molar-refractivity contribution in [3.63, 3.8) is 0 Å². The molecular weight excluding hydrogens is 182 g/mol. The van der Waals surface area contributed by atoms with Gasteiger partial charge in [0.25, 0.3) is 0 Å². The molecule has 0 atom stereocenters. The highest BCUT2D eigenvalue weighted by atomic mass is 16.5. The lowest BCUT2D eigenvalue weighted by Gasteiger charge is -2.10. The van der Waals surface area contributed by atoms with E-state index in [4.69, 9.17) is 4.52 Å². The summed E-state index contributed by atoms with van der Waals surface area (Å²) in [6, 6.07) is 0. The van der Waals surface area contributed by atoms with E-state index in [1.165, 1.54) is 6.33 Å². The van der Waals surface area contributed by atoms with E-state index in [1.807, 2.05) is 20.8 Å². The van der Waals surface area contributed by atoms with E-state index in [2.05, 4.69) is 25.3 Å². The van der Waals surface area contributed by atoms with Gasteiger partial charge in [0.2, 0.25) is 17.5 Å². The number of aromatic amines is 1. The van der Waals surface area contributed by atoms with Crippen LogP contribution in [0.25, 0.3) is 11.6 Å². The zero-order valence-electron chi connectivity index (χ0n) is 8.27. The average molecular weight is 193 g/mol. The van der Waals surface area contributed by atoms with Crippen molar-refractivity contribution in [1.82, 2.24) is 25.3 Å². The molecule has 0 aliphatic carbocycles. The highest BCUT2D eigenvalue weighted by molar-refractivity contribution is 5.39. The number of rotatable bonds is 1. The van der Waals surface area contributed by atoms with Gasteiger partial charge in [-0.15, -0.1) is 10.2 Å². The second kappa shape index (κ2) is 2.90. The Hall–Kier alpha value is -1.72. The van der Waals surface area contributed by atoms with Crippen LogP contribution < -0.4 is 0 Å². The van der Waals surface area contributed by atoms with Gasteiger partial charge in [-0.3, -0.25) is 0 Å². The van der Waals surface area contributed by atoms with Crippen molar-refractivity contribution < 1.29 is 4.52 Å². The Morgan fingerprint density at radius 1 is 1.36 bits per heavy atom. The van der Waals surface area contributed by atoms with Crippen LogP contribution in [0.5, 0.6) is 0 Å². The first kappa shape index (κ1) is 8.86. The summed E-state index contributed by atoms with van der Waals surface area (Å²) in [5, 5.41) is 11.2. The SMILES string of the molecule is CC(C)(C)c1nc(-c2nnc[nH]2)no1. The lowest BCUT2D eigenvalue weighted by Crippen LogP contribution is -2.11.